The monoisotopic (exact) mass is 365 g/mol. The number of fused-ring (bicyclic) bond motifs is 1. The van der Waals surface area contributed by atoms with Crippen LogP contribution in [0.3, 0.4) is 0 Å². The second-order valence-electron chi connectivity index (χ2n) is 6.53. The molecule has 2 N–H and O–H groups in total. The van der Waals surface area contributed by atoms with Gasteiger partial charge in [0, 0.05) is 36.3 Å². The highest BCUT2D eigenvalue weighted by atomic mass is 32.2. The van der Waals surface area contributed by atoms with E-state index in [0.717, 1.165) is 5.39 Å². The molecule has 1 heterocycles. The molecule has 8 heteroatoms. The second kappa shape index (κ2) is 7.79. The molecule has 0 unspecified atom stereocenters. The molecule has 1 aromatic heterocycles. The average molecular weight is 365 g/mol. The van der Waals surface area contributed by atoms with Crippen LogP contribution in [0.15, 0.2) is 41.6 Å². The van der Waals surface area contributed by atoms with Crippen LogP contribution in [0.25, 0.3) is 10.8 Å². The molecule has 2 aromatic rings. The number of carbonyl (C=O) groups excluding carboxylic acids is 1. The molecule has 2 rings (SSSR count). The summed E-state index contributed by atoms with van der Waals surface area (Å²) in [5.41, 5.74) is -0.561. The normalized spacial score (nSPS) is 12.1. The van der Waals surface area contributed by atoms with E-state index in [1.165, 1.54) is 0 Å². The summed E-state index contributed by atoms with van der Waals surface area (Å²) in [5.74, 6) is 0. The SMILES string of the molecule is CC(C)(C)OC(=O)NCCCNS(=O)(=O)c1cccc2cnccc12. The standard InChI is InChI=1S/C17H23N3O4S/c1-17(2,3)24-16(21)19-9-5-10-20-25(22,23)15-7-4-6-13-12-18-11-8-14(13)15/h4,6-8,11-12,20H,5,9-10H2,1-3H3,(H,19,21). The van der Waals surface area contributed by atoms with Crippen molar-refractivity contribution >= 4 is 26.9 Å². The molecule has 25 heavy (non-hydrogen) atoms. The lowest BCUT2D eigenvalue weighted by atomic mass is 10.2. The highest BCUT2D eigenvalue weighted by Gasteiger charge is 2.17. The van der Waals surface area contributed by atoms with Crippen molar-refractivity contribution in [1.29, 1.82) is 0 Å². The Bertz CT molecular complexity index is 839. The molecule has 0 aliphatic heterocycles. The maximum absolute atomic E-state index is 12.5. The van der Waals surface area contributed by atoms with Crippen molar-refractivity contribution in [1.82, 2.24) is 15.0 Å². The van der Waals surface area contributed by atoms with Gasteiger partial charge in [-0.3, -0.25) is 4.98 Å². The predicted molar refractivity (Wildman–Crippen MR) is 95.8 cm³/mol. The maximum Gasteiger partial charge on any atom is 0.407 e. The van der Waals surface area contributed by atoms with Gasteiger partial charge in [0.2, 0.25) is 10.0 Å². The molecule has 0 aliphatic rings. The summed E-state index contributed by atoms with van der Waals surface area (Å²) in [7, 11) is -3.64. The Labute approximate surface area is 147 Å². The van der Waals surface area contributed by atoms with Crippen LogP contribution in [-0.2, 0) is 14.8 Å². The largest absolute Gasteiger partial charge is 0.444 e. The van der Waals surface area contributed by atoms with Crippen LogP contribution in [0, 0.1) is 0 Å². The van der Waals surface area contributed by atoms with Gasteiger partial charge in [0.15, 0.2) is 0 Å². The number of aromatic nitrogens is 1. The van der Waals surface area contributed by atoms with Crippen molar-refractivity contribution in [2.75, 3.05) is 13.1 Å². The van der Waals surface area contributed by atoms with Gasteiger partial charge < -0.3 is 10.1 Å². The number of hydrogen-bond donors (Lipinski definition) is 2. The first-order valence-corrected chi connectivity index (χ1v) is 9.47. The van der Waals surface area contributed by atoms with E-state index in [2.05, 4.69) is 15.0 Å². The van der Waals surface area contributed by atoms with E-state index in [1.54, 1.807) is 51.4 Å². The van der Waals surface area contributed by atoms with Crippen LogP contribution in [0.4, 0.5) is 4.79 Å². The number of ether oxygens (including phenoxy) is 1. The van der Waals surface area contributed by atoms with Gasteiger partial charge in [-0.25, -0.2) is 17.9 Å². The number of benzene rings is 1. The van der Waals surface area contributed by atoms with Crippen molar-refractivity contribution in [3.63, 3.8) is 0 Å². The Morgan fingerprint density at radius 1 is 1.20 bits per heavy atom. The molecule has 7 nitrogen and oxygen atoms in total. The third-order valence-corrected chi connectivity index (χ3v) is 4.76. The average Bonchev–Trinajstić information content (AvgIpc) is 2.52. The lowest BCUT2D eigenvalue weighted by Crippen LogP contribution is -2.34. The van der Waals surface area contributed by atoms with Gasteiger partial charge in [0.25, 0.3) is 0 Å². The minimum absolute atomic E-state index is 0.208. The Balaban J connectivity index is 1.89. The van der Waals surface area contributed by atoms with Gasteiger partial charge >= 0.3 is 6.09 Å². The summed E-state index contributed by atoms with van der Waals surface area (Å²) < 4.78 is 32.6. The highest BCUT2D eigenvalue weighted by molar-refractivity contribution is 7.89. The van der Waals surface area contributed by atoms with E-state index in [1.807, 2.05) is 6.07 Å². The van der Waals surface area contributed by atoms with E-state index < -0.39 is 21.7 Å². The first-order chi connectivity index (χ1) is 11.7. The van der Waals surface area contributed by atoms with Gasteiger partial charge in [-0.1, -0.05) is 12.1 Å². The van der Waals surface area contributed by atoms with E-state index in [-0.39, 0.29) is 11.4 Å². The van der Waals surface area contributed by atoms with Crippen LogP contribution in [0.2, 0.25) is 0 Å². The minimum atomic E-state index is -3.64. The molecule has 0 atom stereocenters. The van der Waals surface area contributed by atoms with Gasteiger partial charge in [-0.15, -0.1) is 0 Å². The van der Waals surface area contributed by atoms with Gasteiger partial charge in [-0.2, -0.15) is 0 Å². The van der Waals surface area contributed by atoms with Gasteiger partial charge in [0.05, 0.1) is 4.90 Å². The topological polar surface area (TPSA) is 97.4 Å². The van der Waals surface area contributed by atoms with Crippen molar-refractivity contribution in [3.05, 3.63) is 36.7 Å². The zero-order valence-corrected chi connectivity index (χ0v) is 15.4. The Hall–Kier alpha value is -2.19. The van der Waals surface area contributed by atoms with Gasteiger partial charge in [-0.05, 0) is 39.3 Å². The van der Waals surface area contributed by atoms with Crippen molar-refractivity contribution in [2.45, 2.75) is 37.7 Å². The zero-order valence-electron chi connectivity index (χ0n) is 14.6. The van der Waals surface area contributed by atoms with Crippen LogP contribution in [0.5, 0.6) is 0 Å². The summed E-state index contributed by atoms with van der Waals surface area (Å²) in [5, 5.41) is 3.97. The molecule has 0 bridgehead atoms. The highest BCUT2D eigenvalue weighted by Crippen LogP contribution is 2.21. The predicted octanol–water partition coefficient (Wildman–Crippen LogP) is 2.43. The molecule has 1 aromatic carbocycles. The lowest BCUT2D eigenvalue weighted by molar-refractivity contribution is 0.0527. The number of sulfonamides is 1. The molecule has 0 aliphatic carbocycles. The number of alkyl carbamates (subject to hydrolysis) is 1. The fraction of sp³-hybridized carbons (Fsp3) is 0.412. The molecule has 136 valence electrons. The zero-order chi connectivity index (χ0) is 18.5. The second-order valence-corrected chi connectivity index (χ2v) is 8.27. The van der Waals surface area contributed by atoms with Crippen LogP contribution < -0.4 is 10.0 Å². The van der Waals surface area contributed by atoms with E-state index in [0.29, 0.717) is 18.4 Å². The molecule has 0 spiro atoms. The first kappa shape index (κ1) is 19.1. The Morgan fingerprint density at radius 3 is 2.68 bits per heavy atom. The van der Waals surface area contributed by atoms with Crippen LogP contribution in [0.1, 0.15) is 27.2 Å². The minimum Gasteiger partial charge on any atom is -0.444 e. The van der Waals surface area contributed by atoms with E-state index in [9.17, 15) is 13.2 Å². The number of amides is 1. The summed E-state index contributed by atoms with van der Waals surface area (Å²) in [4.78, 5) is 15.7. The molecule has 0 saturated carbocycles. The summed E-state index contributed by atoms with van der Waals surface area (Å²) in [6, 6.07) is 6.73. The van der Waals surface area contributed by atoms with Crippen LogP contribution >= 0.6 is 0 Å². The third kappa shape index (κ3) is 5.68. The number of nitrogens with zero attached hydrogens (tertiary/aromatic N) is 1. The summed E-state index contributed by atoms with van der Waals surface area (Å²) in [6.45, 7) is 5.86. The molecule has 0 fully saturated rings. The van der Waals surface area contributed by atoms with Crippen molar-refractivity contribution in [2.24, 2.45) is 0 Å². The molecular weight excluding hydrogens is 342 g/mol. The number of hydrogen-bond acceptors (Lipinski definition) is 5. The molecule has 0 radical (unpaired) electrons. The molecule has 1 amide bonds. The Kier molecular flexibility index (Phi) is 5.97. The van der Waals surface area contributed by atoms with E-state index >= 15 is 0 Å². The third-order valence-electron chi connectivity index (χ3n) is 3.24. The van der Waals surface area contributed by atoms with Gasteiger partial charge in [0.1, 0.15) is 5.60 Å². The smallest absolute Gasteiger partial charge is 0.407 e. The fourth-order valence-corrected chi connectivity index (χ4v) is 3.51. The van der Waals surface area contributed by atoms with Crippen molar-refractivity contribution in [3.8, 4) is 0 Å². The first-order valence-electron chi connectivity index (χ1n) is 7.98. The van der Waals surface area contributed by atoms with E-state index in [4.69, 9.17) is 4.74 Å². The Morgan fingerprint density at radius 2 is 1.96 bits per heavy atom. The fourth-order valence-electron chi connectivity index (χ4n) is 2.20. The summed E-state index contributed by atoms with van der Waals surface area (Å²) in [6.07, 6.45) is 3.12. The quantitative estimate of drug-likeness (QED) is 0.766. The maximum atomic E-state index is 12.5. The summed E-state index contributed by atoms with van der Waals surface area (Å²) >= 11 is 0. The van der Waals surface area contributed by atoms with Crippen molar-refractivity contribution < 1.29 is 17.9 Å². The number of carbonyl (C=O) groups is 1. The molecular formula is C17H23N3O4S. The van der Waals surface area contributed by atoms with Crippen LogP contribution in [-0.4, -0.2) is 38.2 Å². The number of rotatable bonds is 6. The molecule has 0 saturated heterocycles. The number of nitrogens with one attached hydrogen (secondary N) is 2. The number of pyridine rings is 1. The lowest BCUT2D eigenvalue weighted by Gasteiger charge is -2.19.